The molecule has 1 aliphatic carbocycles. The molecule has 0 saturated carbocycles. The highest BCUT2D eigenvalue weighted by Gasteiger charge is 2.26. The molecular formula is C16H15NO4S. The van der Waals surface area contributed by atoms with Gasteiger partial charge in [-0.25, -0.2) is 17.2 Å². The third-order valence-electron chi connectivity index (χ3n) is 3.57. The van der Waals surface area contributed by atoms with Gasteiger partial charge in [-0.15, -0.1) is 0 Å². The second kappa shape index (κ2) is 5.46. The molecule has 22 heavy (non-hydrogen) atoms. The highest BCUT2D eigenvalue weighted by atomic mass is 32.2. The summed E-state index contributed by atoms with van der Waals surface area (Å²) in [5.41, 5.74) is 0.0192. The predicted octanol–water partition coefficient (Wildman–Crippen LogP) is 0.867. The monoisotopic (exact) mass is 317 g/mol. The van der Waals surface area contributed by atoms with Crippen molar-refractivity contribution in [2.75, 3.05) is 7.11 Å². The summed E-state index contributed by atoms with van der Waals surface area (Å²) < 4.78 is 31.7. The summed E-state index contributed by atoms with van der Waals surface area (Å²) in [5, 5.41) is 1.27. The van der Waals surface area contributed by atoms with E-state index in [0.717, 1.165) is 22.0 Å². The molecule has 0 fully saturated rings. The van der Waals surface area contributed by atoms with Crippen molar-refractivity contribution in [3.05, 3.63) is 52.7 Å². The first-order valence-electron chi connectivity index (χ1n) is 6.87. The lowest BCUT2D eigenvalue weighted by molar-refractivity contribution is 0.0592. The van der Waals surface area contributed by atoms with Crippen LogP contribution < -0.4 is 10.6 Å². The zero-order chi connectivity index (χ0) is 15.7. The van der Waals surface area contributed by atoms with Gasteiger partial charge in [0.25, 0.3) is 10.0 Å². The van der Waals surface area contributed by atoms with Gasteiger partial charge in [-0.3, -0.25) is 0 Å². The van der Waals surface area contributed by atoms with Gasteiger partial charge >= 0.3 is 5.97 Å². The Labute approximate surface area is 128 Å². The first kappa shape index (κ1) is 14.6. The van der Waals surface area contributed by atoms with Gasteiger partial charge < -0.3 is 4.74 Å². The lowest BCUT2D eigenvalue weighted by Gasteiger charge is -2.10. The molecule has 3 rings (SSSR count). The van der Waals surface area contributed by atoms with Crippen LogP contribution in [0.5, 0.6) is 0 Å². The van der Waals surface area contributed by atoms with E-state index in [1.807, 2.05) is 12.2 Å². The molecule has 1 aromatic carbocycles. The van der Waals surface area contributed by atoms with Crippen molar-refractivity contribution in [3.63, 3.8) is 0 Å². The summed E-state index contributed by atoms with van der Waals surface area (Å²) >= 11 is 0. The fourth-order valence-corrected chi connectivity index (χ4v) is 4.09. The number of fused-ring (bicyclic) bond motifs is 1. The first-order valence-corrected chi connectivity index (χ1v) is 8.31. The molecule has 0 atom stereocenters. The Kier molecular flexibility index (Phi) is 3.62. The third kappa shape index (κ3) is 2.25. The molecule has 114 valence electrons. The molecule has 2 aromatic rings. The SMILES string of the molecule is COC(=O)c1cc2c(n1S(=O)(=O)c1ccccc1)=CCCC=2. The minimum atomic E-state index is -3.86. The summed E-state index contributed by atoms with van der Waals surface area (Å²) in [6.07, 6.45) is 5.33. The number of aromatic nitrogens is 1. The molecule has 0 spiro atoms. The first-order chi connectivity index (χ1) is 10.6. The lowest BCUT2D eigenvalue weighted by Crippen LogP contribution is -2.35. The Hall–Kier alpha value is -2.34. The zero-order valence-corrected chi connectivity index (χ0v) is 12.8. The van der Waals surface area contributed by atoms with Crippen molar-refractivity contribution in [3.8, 4) is 0 Å². The third-order valence-corrected chi connectivity index (χ3v) is 5.31. The Morgan fingerprint density at radius 3 is 2.50 bits per heavy atom. The normalized spacial score (nSPS) is 13.7. The Morgan fingerprint density at radius 1 is 1.14 bits per heavy atom. The van der Waals surface area contributed by atoms with Gasteiger partial charge in [-0.05, 0) is 36.3 Å². The maximum atomic E-state index is 12.9. The number of carbonyl (C=O) groups is 1. The van der Waals surface area contributed by atoms with Crippen LogP contribution in [0.3, 0.4) is 0 Å². The average molecular weight is 317 g/mol. The smallest absolute Gasteiger partial charge is 0.355 e. The summed E-state index contributed by atoms with van der Waals surface area (Å²) in [4.78, 5) is 12.1. The van der Waals surface area contributed by atoms with Crippen LogP contribution >= 0.6 is 0 Å². The van der Waals surface area contributed by atoms with E-state index in [0.29, 0.717) is 5.35 Å². The van der Waals surface area contributed by atoms with Crippen LogP contribution in [0.15, 0.2) is 41.3 Å². The number of hydrogen-bond donors (Lipinski definition) is 0. The summed E-state index contributed by atoms with van der Waals surface area (Å²) in [6.45, 7) is 0. The number of hydrogen-bond acceptors (Lipinski definition) is 4. The number of esters is 1. The molecule has 1 heterocycles. The van der Waals surface area contributed by atoms with Crippen molar-refractivity contribution in [2.24, 2.45) is 0 Å². The van der Waals surface area contributed by atoms with Gasteiger partial charge in [0.15, 0.2) is 0 Å². The van der Waals surface area contributed by atoms with Gasteiger partial charge in [0.1, 0.15) is 5.69 Å². The number of nitrogens with zero attached hydrogens (tertiary/aromatic N) is 1. The molecule has 0 radical (unpaired) electrons. The fraction of sp³-hybridized carbons (Fsp3) is 0.188. The molecule has 5 nitrogen and oxygen atoms in total. The van der Waals surface area contributed by atoms with Crippen LogP contribution in [0.2, 0.25) is 0 Å². The average Bonchev–Trinajstić information content (AvgIpc) is 2.95. The summed E-state index contributed by atoms with van der Waals surface area (Å²) in [5.74, 6) is -0.671. The number of rotatable bonds is 3. The van der Waals surface area contributed by atoms with Crippen LogP contribution in [0.1, 0.15) is 23.3 Å². The van der Waals surface area contributed by atoms with Gasteiger partial charge in [0.2, 0.25) is 0 Å². The van der Waals surface area contributed by atoms with Crippen LogP contribution in [-0.2, 0) is 14.8 Å². The molecule has 0 saturated heterocycles. The topological polar surface area (TPSA) is 65.4 Å². The van der Waals surface area contributed by atoms with Crippen molar-refractivity contribution < 1.29 is 17.9 Å². The quantitative estimate of drug-likeness (QED) is 0.788. The van der Waals surface area contributed by atoms with Crippen molar-refractivity contribution in [2.45, 2.75) is 17.7 Å². The van der Waals surface area contributed by atoms with E-state index >= 15 is 0 Å². The minimum absolute atomic E-state index is 0.0192. The molecular weight excluding hydrogens is 302 g/mol. The highest BCUT2D eigenvalue weighted by Crippen LogP contribution is 2.14. The van der Waals surface area contributed by atoms with Crippen molar-refractivity contribution in [1.82, 2.24) is 3.97 Å². The largest absolute Gasteiger partial charge is 0.464 e. The summed E-state index contributed by atoms with van der Waals surface area (Å²) in [7, 11) is -2.62. The molecule has 0 N–H and O–H groups in total. The van der Waals surface area contributed by atoms with E-state index in [1.165, 1.54) is 19.2 Å². The second-order valence-corrected chi connectivity index (χ2v) is 6.72. The van der Waals surface area contributed by atoms with E-state index in [2.05, 4.69) is 0 Å². The number of carbonyl (C=O) groups excluding carboxylic acids is 1. The number of benzene rings is 1. The van der Waals surface area contributed by atoms with Crippen LogP contribution in [0.25, 0.3) is 12.2 Å². The van der Waals surface area contributed by atoms with E-state index < -0.39 is 16.0 Å². The van der Waals surface area contributed by atoms with E-state index in [4.69, 9.17) is 4.74 Å². The maximum absolute atomic E-state index is 12.9. The molecule has 0 aliphatic heterocycles. The van der Waals surface area contributed by atoms with Crippen LogP contribution in [0, 0.1) is 0 Å². The Balaban J connectivity index is 2.36. The van der Waals surface area contributed by atoms with Crippen LogP contribution in [-0.4, -0.2) is 25.5 Å². The molecule has 0 bridgehead atoms. The minimum Gasteiger partial charge on any atom is -0.464 e. The van der Waals surface area contributed by atoms with Gasteiger partial charge in [0.05, 0.1) is 17.4 Å². The summed E-state index contributed by atoms with van der Waals surface area (Å²) in [6, 6.07) is 9.63. The van der Waals surface area contributed by atoms with E-state index in [9.17, 15) is 13.2 Å². The van der Waals surface area contributed by atoms with Gasteiger partial charge in [-0.2, -0.15) is 0 Å². The maximum Gasteiger partial charge on any atom is 0.355 e. The fourth-order valence-electron chi connectivity index (χ4n) is 2.55. The van der Waals surface area contributed by atoms with Crippen molar-refractivity contribution >= 4 is 28.1 Å². The second-order valence-electron chi connectivity index (χ2n) is 4.93. The Morgan fingerprint density at radius 2 is 1.82 bits per heavy atom. The highest BCUT2D eigenvalue weighted by molar-refractivity contribution is 7.90. The standard InChI is InChI=1S/C16H15NO4S/c1-21-16(18)15-11-12-7-5-6-10-14(12)17(15)22(19,20)13-8-3-2-4-9-13/h2-4,7-11H,5-6H2,1H3. The van der Waals surface area contributed by atoms with Crippen LogP contribution in [0.4, 0.5) is 0 Å². The number of ether oxygens (including phenoxy) is 1. The van der Waals surface area contributed by atoms with E-state index in [1.54, 1.807) is 24.3 Å². The molecule has 1 aromatic heterocycles. The predicted molar refractivity (Wildman–Crippen MR) is 82.2 cm³/mol. The lowest BCUT2D eigenvalue weighted by atomic mass is 10.2. The zero-order valence-electron chi connectivity index (χ0n) is 12.0. The molecule has 0 amide bonds. The molecule has 6 heteroatoms. The Bertz CT molecular complexity index is 940. The van der Waals surface area contributed by atoms with Gasteiger partial charge in [-0.1, -0.05) is 30.4 Å². The molecule has 1 aliphatic rings. The van der Waals surface area contributed by atoms with Gasteiger partial charge in [0, 0.05) is 0 Å². The van der Waals surface area contributed by atoms with Crippen molar-refractivity contribution in [1.29, 1.82) is 0 Å². The molecule has 0 unspecified atom stereocenters. The number of methoxy groups -OCH3 is 1. The van der Waals surface area contributed by atoms with E-state index in [-0.39, 0.29) is 10.6 Å².